The molecule has 2 aliphatic rings. The standard InChI is InChI=1S/C17H26N2O/c18-13-14-5-7-16(8-6-14)20-12-11-19-10-9-15-3-1-2-4-17(15)19/h5-8,15,17H,1-4,9-13,18H2. The van der Waals surface area contributed by atoms with Crippen molar-refractivity contribution in [2.75, 3.05) is 19.7 Å². The summed E-state index contributed by atoms with van der Waals surface area (Å²) >= 11 is 0. The summed E-state index contributed by atoms with van der Waals surface area (Å²) < 4.78 is 5.86. The molecule has 0 bridgehead atoms. The molecule has 1 aliphatic carbocycles. The molecule has 1 saturated heterocycles. The summed E-state index contributed by atoms with van der Waals surface area (Å²) in [6.07, 6.45) is 7.10. The lowest BCUT2D eigenvalue weighted by Crippen LogP contribution is -2.37. The zero-order chi connectivity index (χ0) is 13.8. The summed E-state index contributed by atoms with van der Waals surface area (Å²) in [6.45, 7) is 3.73. The summed E-state index contributed by atoms with van der Waals surface area (Å²) in [7, 11) is 0. The number of fused-ring (bicyclic) bond motifs is 1. The van der Waals surface area contributed by atoms with Crippen molar-refractivity contribution >= 4 is 0 Å². The predicted octanol–water partition coefficient (Wildman–Crippen LogP) is 2.79. The van der Waals surface area contributed by atoms with Gasteiger partial charge in [-0.3, -0.25) is 4.90 Å². The van der Waals surface area contributed by atoms with Crippen molar-refractivity contribution < 1.29 is 4.74 Å². The number of hydrogen-bond acceptors (Lipinski definition) is 3. The minimum atomic E-state index is 0.594. The molecule has 2 fully saturated rings. The zero-order valence-corrected chi connectivity index (χ0v) is 12.3. The summed E-state index contributed by atoms with van der Waals surface area (Å²) in [5.74, 6) is 1.93. The third kappa shape index (κ3) is 3.15. The van der Waals surface area contributed by atoms with Crippen LogP contribution in [0.1, 0.15) is 37.7 Å². The van der Waals surface area contributed by atoms with Gasteiger partial charge in [0.25, 0.3) is 0 Å². The first-order valence-corrected chi connectivity index (χ1v) is 8.02. The van der Waals surface area contributed by atoms with Gasteiger partial charge in [0, 0.05) is 19.1 Å². The Balaban J connectivity index is 1.45. The second-order valence-corrected chi connectivity index (χ2v) is 6.13. The van der Waals surface area contributed by atoms with Gasteiger partial charge in [-0.15, -0.1) is 0 Å². The number of nitrogens with zero attached hydrogens (tertiary/aromatic N) is 1. The first-order valence-electron chi connectivity index (χ1n) is 8.02. The van der Waals surface area contributed by atoms with Gasteiger partial charge in [0.2, 0.25) is 0 Å². The topological polar surface area (TPSA) is 38.5 Å². The summed E-state index contributed by atoms with van der Waals surface area (Å²) in [5.41, 5.74) is 6.75. The minimum absolute atomic E-state index is 0.594. The maximum Gasteiger partial charge on any atom is 0.119 e. The van der Waals surface area contributed by atoms with E-state index in [0.717, 1.165) is 36.4 Å². The van der Waals surface area contributed by atoms with E-state index in [1.165, 1.54) is 38.6 Å². The Morgan fingerprint density at radius 3 is 2.70 bits per heavy atom. The molecule has 110 valence electrons. The van der Waals surface area contributed by atoms with E-state index in [-0.39, 0.29) is 0 Å². The Kier molecular flexibility index (Phi) is 4.58. The van der Waals surface area contributed by atoms with E-state index in [9.17, 15) is 0 Å². The highest BCUT2D eigenvalue weighted by atomic mass is 16.5. The molecule has 3 heteroatoms. The third-order valence-electron chi connectivity index (χ3n) is 4.93. The molecule has 1 aliphatic heterocycles. The average molecular weight is 274 g/mol. The molecule has 0 spiro atoms. The number of benzene rings is 1. The van der Waals surface area contributed by atoms with E-state index >= 15 is 0 Å². The van der Waals surface area contributed by atoms with E-state index < -0.39 is 0 Å². The van der Waals surface area contributed by atoms with Crippen LogP contribution in [0.3, 0.4) is 0 Å². The largest absolute Gasteiger partial charge is 0.492 e. The van der Waals surface area contributed by atoms with E-state index in [1.54, 1.807) is 0 Å². The summed E-state index contributed by atoms with van der Waals surface area (Å²) in [4.78, 5) is 2.65. The maximum atomic E-state index is 5.86. The molecule has 0 amide bonds. The molecule has 3 nitrogen and oxygen atoms in total. The van der Waals surface area contributed by atoms with Crippen molar-refractivity contribution in [2.45, 2.75) is 44.7 Å². The highest BCUT2D eigenvalue weighted by Crippen LogP contribution is 2.35. The van der Waals surface area contributed by atoms with E-state index in [4.69, 9.17) is 10.5 Å². The minimum Gasteiger partial charge on any atom is -0.492 e. The Hall–Kier alpha value is -1.06. The molecule has 20 heavy (non-hydrogen) atoms. The van der Waals surface area contributed by atoms with Crippen LogP contribution in [-0.2, 0) is 6.54 Å². The van der Waals surface area contributed by atoms with Crippen molar-refractivity contribution in [1.29, 1.82) is 0 Å². The Bertz CT molecular complexity index is 418. The molecule has 2 unspecified atom stereocenters. The van der Waals surface area contributed by atoms with Crippen LogP contribution >= 0.6 is 0 Å². The van der Waals surface area contributed by atoms with Crippen molar-refractivity contribution in [3.05, 3.63) is 29.8 Å². The van der Waals surface area contributed by atoms with Gasteiger partial charge in [0.1, 0.15) is 12.4 Å². The van der Waals surface area contributed by atoms with Crippen LogP contribution in [0.15, 0.2) is 24.3 Å². The van der Waals surface area contributed by atoms with Gasteiger partial charge in [-0.1, -0.05) is 25.0 Å². The molecule has 3 rings (SSSR count). The Morgan fingerprint density at radius 1 is 1.10 bits per heavy atom. The molecule has 1 heterocycles. The molecule has 1 aromatic rings. The second kappa shape index (κ2) is 6.59. The van der Waals surface area contributed by atoms with Gasteiger partial charge in [0.05, 0.1) is 0 Å². The SMILES string of the molecule is NCc1ccc(OCCN2CCC3CCCCC32)cc1. The van der Waals surface area contributed by atoms with Crippen molar-refractivity contribution in [3.8, 4) is 5.75 Å². The second-order valence-electron chi connectivity index (χ2n) is 6.13. The van der Waals surface area contributed by atoms with E-state index in [2.05, 4.69) is 4.90 Å². The lowest BCUT2D eigenvalue weighted by molar-refractivity contribution is 0.154. The lowest BCUT2D eigenvalue weighted by Gasteiger charge is -2.31. The monoisotopic (exact) mass is 274 g/mol. The molecule has 1 aromatic carbocycles. The highest BCUT2D eigenvalue weighted by Gasteiger charge is 2.35. The highest BCUT2D eigenvalue weighted by molar-refractivity contribution is 5.27. The zero-order valence-electron chi connectivity index (χ0n) is 12.3. The van der Waals surface area contributed by atoms with Gasteiger partial charge < -0.3 is 10.5 Å². The van der Waals surface area contributed by atoms with Crippen molar-refractivity contribution in [1.82, 2.24) is 4.90 Å². The van der Waals surface area contributed by atoms with Crippen molar-refractivity contribution in [3.63, 3.8) is 0 Å². The first kappa shape index (κ1) is 13.9. The molecule has 1 saturated carbocycles. The average Bonchev–Trinajstić information content (AvgIpc) is 2.92. The lowest BCUT2D eigenvalue weighted by atomic mass is 9.85. The molecule has 2 N–H and O–H groups in total. The smallest absolute Gasteiger partial charge is 0.119 e. The van der Waals surface area contributed by atoms with E-state index in [1.807, 2.05) is 24.3 Å². The Labute approximate surface area is 122 Å². The van der Waals surface area contributed by atoms with Crippen LogP contribution in [0.25, 0.3) is 0 Å². The normalized spacial score (nSPS) is 26.4. The molecule has 0 radical (unpaired) electrons. The van der Waals surface area contributed by atoms with Crippen LogP contribution in [0.5, 0.6) is 5.75 Å². The summed E-state index contributed by atoms with van der Waals surface area (Å²) in [6, 6.07) is 8.97. The quantitative estimate of drug-likeness (QED) is 0.897. The molecular formula is C17H26N2O. The van der Waals surface area contributed by atoms with E-state index in [0.29, 0.717) is 6.54 Å². The number of rotatable bonds is 5. The van der Waals surface area contributed by atoms with Crippen LogP contribution in [0.4, 0.5) is 0 Å². The molecule has 2 atom stereocenters. The van der Waals surface area contributed by atoms with Gasteiger partial charge in [-0.2, -0.15) is 0 Å². The molecular weight excluding hydrogens is 248 g/mol. The van der Waals surface area contributed by atoms with Crippen LogP contribution in [-0.4, -0.2) is 30.6 Å². The van der Waals surface area contributed by atoms with Crippen LogP contribution in [0.2, 0.25) is 0 Å². The van der Waals surface area contributed by atoms with Gasteiger partial charge in [-0.25, -0.2) is 0 Å². The van der Waals surface area contributed by atoms with Crippen LogP contribution in [0, 0.1) is 5.92 Å². The maximum absolute atomic E-state index is 5.86. The summed E-state index contributed by atoms with van der Waals surface area (Å²) in [5, 5.41) is 0. The predicted molar refractivity (Wildman–Crippen MR) is 81.8 cm³/mol. The van der Waals surface area contributed by atoms with Crippen LogP contribution < -0.4 is 10.5 Å². The van der Waals surface area contributed by atoms with Gasteiger partial charge in [0.15, 0.2) is 0 Å². The fourth-order valence-electron chi connectivity index (χ4n) is 3.78. The third-order valence-corrected chi connectivity index (χ3v) is 4.93. The molecule has 0 aromatic heterocycles. The number of likely N-dealkylation sites (tertiary alicyclic amines) is 1. The van der Waals surface area contributed by atoms with Gasteiger partial charge >= 0.3 is 0 Å². The first-order chi connectivity index (χ1) is 9.86. The van der Waals surface area contributed by atoms with Gasteiger partial charge in [-0.05, 0) is 49.4 Å². The fourth-order valence-corrected chi connectivity index (χ4v) is 3.78. The number of nitrogens with two attached hydrogens (primary N) is 1. The Morgan fingerprint density at radius 2 is 1.90 bits per heavy atom. The van der Waals surface area contributed by atoms with Crippen molar-refractivity contribution in [2.24, 2.45) is 11.7 Å². The number of hydrogen-bond donors (Lipinski definition) is 1. The number of ether oxygens (including phenoxy) is 1. The fraction of sp³-hybridized carbons (Fsp3) is 0.647.